The van der Waals surface area contributed by atoms with E-state index in [0.29, 0.717) is 18.5 Å². The summed E-state index contributed by atoms with van der Waals surface area (Å²) in [5.41, 5.74) is 0.761. The van der Waals surface area contributed by atoms with Gasteiger partial charge >= 0.3 is 0 Å². The van der Waals surface area contributed by atoms with Gasteiger partial charge in [0.05, 0.1) is 5.69 Å². The van der Waals surface area contributed by atoms with E-state index in [2.05, 4.69) is 10.2 Å². The van der Waals surface area contributed by atoms with Gasteiger partial charge in [0.15, 0.2) is 11.5 Å². The maximum atomic E-state index is 11.2. The molecule has 1 aliphatic rings. The van der Waals surface area contributed by atoms with Gasteiger partial charge in [-0.05, 0) is 12.1 Å². The average molecular weight is 202 g/mol. The molecule has 0 spiro atoms. The van der Waals surface area contributed by atoms with E-state index in [1.807, 2.05) is 18.2 Å². The number of aliphatic hydroxyl groups is 1. The molecule has 0 atom stereocenters. The van der Waals surface area contributed by atoms with Crippen LogP contribution in [0, 0.1) is 0 Å². The highest BCUT2D eigenvalue weighted by molar-refractivity contribution is 5.97. The Morgan fingerprint density at radius 1 is 1.07 bits per heavy atom. The second-order valence-electron chi connectivity index (χ2n) is 3.25. The molecule has 4 heteroatoms. The summed E-state index contributed by atoms with van der Waals surface area (Å²) >= 11 is 0. The van der Waals surface area contributed by atoms with Crippen molar-refractivity contribution >= 4 is 11.5 Å². The first kappa shape index (κ1) is 9.58. The molecule has 1 aromatic carbocycles. The average Bonchev–Trinajstić information content (AvgIpc) is 2.58. The molecule has 0 heterocycles. The molecule has 1 aromatic rings. The summed E-state index contributed by atoms with van der Waals surface area (Å²) in [6.45, 7) is 0. The van der Waals surface area contributed by atoms with Crippen molar-refractivity contribution in [3.8, 4) is 0 Å². The van der Waals surface area contributed by atoms with E-state index in [1.54, 1.807) is 12.1 Å². The zero-order valence-corrected chi connectivity index (χ0v) is 8.05. The minimum Gasteiger partial charge on any atom is -0.510 e. The second kappa shape index (κ2) is 4.04. The standard InChI is InChI=1S/C11H10N2O2/c14-9-6-7-10(15)11(9)13-12-8-4-2-1-3-5-8/h1-5,14H,6-7H2. The van der Waals surface area contributed by atoms with Gasteiger partial charge in [-0.25, -0.2) is 0 Å². The summed E-state index contributed by atoms with van der Waals surface area (Å²) in [5, 5.41) is 17.0. The third kappa shape index (κ3) is 2.10. The van der Waals surface area contributed by atoms with Crippen LogP contribution in [-0.4, -0.2) is 10.9 Å². The Bertz CT molecular complexity index is 435. The number of aliphatic hydroxyl groups excluding tert-OH is 1. The Kier molecular flexibility index (Phi) is 2.58. The molecule has 0 fully saturated rings. The van der Waals surface area contributed by atoms with Gasteiger partial charge in [-0.15, -0.1) is 5.11 Å². The molecular weight excluding hydrogens is 192 g/mol. The lowest BCUT2D eigenvalue weighted by atomic mass is 10.3. The zero-order chi connectivity index (χ0) is 10.7. The molecule has 0 radical (unpaired) electrons. The molecule has 4 nitrogen and oxygen atoms in total. The van der Waals surface area contributed by atoms with E-state index in [4.69, 9.17) is 0 Å². The largest absolute Gasteiger partial charge is 0.510 e. The Labute approximate surface area is 87.0 Å². The van der Waals surface area contributed by atoms with Gasteiger partial charge < -0.3 is 5.11 Å². The molecule has 0 saturated heterocycles. The van der Waals surface area contributed by atoms with Gasteiger partial charge in [0, 0.05) is 12.8 Å². The fraction of sp³-hybridized carbons (Fsp3) is 0.182. The monoisotopic (exact) mass is 202 g/mol. The van der Waals surface area contributed by atoms with E-state index in [-0.39, 0.29) is 17.2 Å². The first-order valence-electron chi connectivity index (χ1n) is 4.69. The number of hydrogen-bond acceptors (Lipinski definition) is 4. The summed E-state index contributed by atoms with van der Waals surface area (Å²) < 4.78 is 0. The van der Waals surface area contributed by atoms with Crippen molar-refractivity contribution in [2.24, 2.45) is 10.2 Å². The smallest absolute Gasteiger partial charge is 0.186 e. The first-order chi connectivity index (χ1) is 7.27. The van der Waals surface area contributed by atoms with Gasteiger partial charge in [0.2, 0.25) is 0 Å². The van der Waals surface area contributed by atoms with Crippen LogP contribution >= 0.6 is 0 Å². The lowest BCUT2D eigenvalue weighted by molar-refractivity contribution is -0.114. The molecule has 0 unspecified atom stereocenters. The van der Waals surface area contributed by atoms with Gasteiger partial charge in [0.25, 0.3) is 0 Å². The third-order valence-electron chi connectivity index (χ3n) is 2.15. The van der Waals surface area contributed by atoms with Crippen molar-refractivity contribution in [1.29, 1.82) is 0 Å². The summed E-state index contributed by atoms with van der Waals surface area (Å²) in [5.74, 6) is -0.105. The van der Waals surface area contributed by atoms with Gasteiger partial charge in [-0.2, -0.15) is 5.11 Å². The normalized spacial score (nSPS) is 16.7. The maximum Gasteiger partial charge on any atom is 0.186 e. The van der Waals surface area contributed by atoms with E-state index < -0.39 is 0 Å². The lowest BCUT2D eigenvalue weighted by Gasteiger charge is -1.92. The summed E-state index contributed by atoms with van der Waals surface area (Å²) in [6, 6.07) is 9.09. The summed E-state index contributed by atoms with van der Waals surface area (Å²) in [4.78, 5) is 11.2. The van der Waals surface area contributed by atoms with Crippen molar-refractivity contribution in [2.45, 2.75) is 12.8 Å². The number of rotatable bonds is 2. The molecule has 1 N–H and O–H groups in total. The third-order valence-corrected chi connectivity index (χ3v) is 2.15. The van der Waals surface area contributed by atoms with Crippen LogP contribution in [-0.2, 0) is 4.79 Å². The fourth-order valence-electron chi connectivity index (χ4n) is 1.35. The minimum atomic E-state index is -0.146. The molecule has 0 bridgehead atoms. The Balaban J connectivity index is 2.19. The van der Waals surface area contributed by atoms with Crippen molar-refractivity contribution in [3.63, 3.8) is 0 Å². The number of allylic oxidation sites excluding steroid dienone is 2. The van der Waals surface area contributed by atoms with Crippen LogP contribution in [0.3, 0.4) is 0 Å². The van der Waals surface area contributed by atoms with Crippen LogP contribution in [0.25, 0.3) is 0 Å². The number of nitrogens with zero attached hydrogens (tertiary/aromatic N) is 2. The van der Waals surface area contributed by atoms with Crippen LogP contribution < -0.4 is 0 Å². The summed E-state index contributed by atoms with van der Waals surface area (Å²) in [7, 11) is 0. The van der Waals surface area contributed by atoms with Crippen LogP contribution in [0.2, 0.25) is 0 Å². The van der Waals surface area contributed by atoms with Gasteiger partial charge in [0.1, 0.15) is 5.76 Å². The van der Waals surface area contributed by atoms with Crippen LogP contribution in [0.4, 0.5) is 5.69 Å². The van der Waals surface area contributed by atoms with E-state index in [1.165, 1.54) is 0 Å². The number of carbonyl (C=O) groups excluding carboxylic acids is 1. The van der Waals surface area contributed by atoms with Crippen LogP contribution in [0.5, 0.6) is 0 Å². The molecule has 0 saturated carbocycles. The number of hydrogen-bond donors (Lipinski definition) is 1. The highest BCUT2D eigenvalue weighted by atomic mass is 16.3. The van der Waals surface area contributed by atoms with E-state index >= 15 is 0 Å². The highest BCUT2D eigenvalue weighted by Crippen LogP contribution is 2.23. The maximum absolute atomic E-state index is 11.2. The van der Waals surface area contributed by atoms with Crippen molar-refractivity contribution in [1.82, 2.24) is 0 Å². The minimum absolute atomic E-state index is 0.0414. The highest BCUT2D eigenvalue weighted by Gasteiger charge is 2.22. The number of azo groups is 1. The van der Waals surface area contributed by atoms with Crippen LogP contribution in [0.15, 0.2) is 52.0 Å². The Hall–Kier alpha value is -1.97. The fourth-order valence-corrected chi connectivity index (χ4v) is 1.35. The van der Waals surface area contributed by atoms with Crippen molar-refractivity contribution in [2.75, 3.05) is 0 Å². The number of Topliss-reactive ketones (excluding diaryl/α,β-unsaturated/α-hetero) is 1. The second-order valence-corrected chi connectivity index (χ2v) is 3.25. The topological polar surface area (TPSA) is 62.0 Å². The number of carbonyl (C=O) groups is 1. The summed E-state index contributed by atoms with van der Waals surface area (Å²) in [6.07, 6.45) is 0.705. The predicted octanol–water partition coefficient (Wildman–Crippen LogP) is 2.90. The molecule has 76 valence electrons. The quantitative estimate of drug-likeness (QED) is 0.749. The lowest BCUT2D eigenvalue weighted by Crippen LogP contribution is -1.92. The Morgan fingerprint density at radius 2 is 1.80 bits per heavy atom. The molecule has 2 rings (SSSR count). The first-order valence-corrected chi connectivity index (χ1v) is 4.69. The molecule has 1 aliphatic carbocycles. The molecule has 0 amide bonds. The predicted molar refractivity (Wildman–Crippen MR) is 54.9 cm³/mol. The molecule has 0 aliphatic heterocycles. The van der Waals surface area contributed by atoms with Crippen molar-refractivity contribution < 1.29 is 9.90 Å². The van der Waals surface area contributed by atoms with Crippen molar-refractivity contribution in [3.05, 3.63) is 41.8 Å². The molecule has 15 heavy (non-hydrogen) atoms. The van der Waals surface area contributed by atoms with Gasteiger partial charge in [-0.1, -0.05) is 18.2 Å². The van der Waals surface area contributed by atoms with E-state index in [9.17, 15) is 9.90 Å². The molecule has 0 aromatic heterocycles. The number of ketones is 1. The Morgan fingerprint density at radius 3 is 2.40 bits per heavy atom. The number of benzene rings is 1. The zero-order valence-electron chi connectivity index (χ0n) is 8.05. The van der Waals surface area contributed by atoms with E-state index in [0.717, 1.165) is 0 Å². The van der Waals surface area contributed by atoms with Gasteiger partial charge in [-0.3, -0.25) is 4.79 Å². The SMILES string of the molecule is O=C1CCC(O)=C1N=Nc1ccccc1. The van der Waals surface area contributed by atoms with Crippen LogP contribution in [0.1, 0.15) is 12.8 Å². The molecular formula is C11H10N2O2.